The van der Waals surface area contributed by atoms with E-state index in [1.165, 1.54) is 24.5 Å². The molecule has 4 rings (SSSR count). The molecule has 2 heterocycles. The van der Waals surface area contributed by atoms with Gasteiger partial charge >= 0.3 is 12.0 Å². The van der Waals surface area contributed by atoms with Gasteiger partial charge in [0.25, 0.3) is 5.91 Å². The van der Waals surface area contributed by atoms with Crippen molar-refractivity contribution < 1.29 is 24.3 Å². The first-order valence-electron chi connectivity index (χ1n) is 12.6. The molecule has 5 N–H and O–H groups in total. The molecule has 208 valence electrons. The third kappa shape index (κ3) is 8.42. The first kappa shape index (κ1) is 28.4. The summed E-state index contributed by atoms with van der Waals surface area (Å²) >= 11 is 0. The Morgan fingerprint density at radius 1 is 0.854 bits per heavy atom. The van der Waals surface area contributed by atoms with Crippen molar-refractivity contribution in [2.24, 2.45) is 0 Å². The number of carboxylic acids is 1. The fourth-order valence-corrected chi connectivity index (χ4v) is 3.84. The maximum absolute atomic E-state index is 12.6. The number of carbonyl (C=O) groups excluding carboxylic acids is 3. The van der Waals surface area contributed by atoms with Gasteiger partial charge in [-0.05, 0) is 60.5 Å². The second-order valence-corrected chi connectivity index (χ2v) is 9.02. The number of aryl methyl sites for hydroxylation is 1. The maximum Gasteiger partial charge on any atom is 0.323 e. The second kappa shape index (κ2) is 13.4. The van der Waals surface area contributed by atoms with Gasteiger partial charge in [-0.3, -0.25) is 19.4 Å². The molecule has 2 aromatic carbocycles. The van der Waals surface area contributed by atoms with Gasteiger partial charge in [0.05, 0.1) is 36.5 Å². The van der Waals surface area contributed by atoms with E-state index in [2.05, 4.69) is 36.4 Å². The van der Waals surface area contributed by atoms with Gasteiger partial charge in [0, 0.05) is 17.6 Å². The average molecular weight is 554 g/mol. The van der Waals surface area contributed by atoms with Crippen molar-refractivity contribution in [1.82, 2.24) is 20.5 Å². The smallest absolute Gasteiger partial charge is 0.323 e. The molecule has 1 atom stereocenters. The molecule has 0 radical (unpaired) electrons. The number of rotatable bonds is 10. The van der Waals surface area contributed by atoms with E-state index < -0.39 is 24.3 Å². The van der Waals surface area contributed by atoms with Gasteiger partial charge in [0.1, 0.15) is 0 Å². The first-order valence-corrected chi connectivity index (χ1v) is 12.6. The second-order valence-electron chi connectivity index (χ2n) is 9.02. The van der Waals surface area contributed by atoms with Gasteiger partial charge in [-0.2, -0.15) is 5.10 Å². The van der Waals surface area contributed by atoms with Gasteiger partial charge in [0.2, 0.25) is 5.91 Å². The van der Waals surface area contributed by atoms with E-state index in [0.717, 1.165) is 11.1 Å². The number of pyridine rings is 1. The van der Waals surface area contributed by atoms with E-state index in [1.807, 2.05) is 31.2 Å². The summed E-state index contributed by atoms with van der Waals surface area (Å²) in [6.45, 7) is 1.90. The van der Waals surface area contributed by atoms with Crippen LogP contribution in [0.25, 0.3) is 0 Å². The number of anilines is 3. The molecular weight excluding hydrogens is 526 g/mol. The number of benzene rings is 2. The lowest BCUT2D eigenvalue weighted by Crippen LogP contribution is -2.31. The van der Waals surface area contributed by atoms with Crippen molar-refractivity contribution in [3.8, 4) is 0 Å². The Labute approximate surface area is 235 Å². The van der Waals surface area contributed by atoms with E-state index in [-0.39, 0.29) is 24.1 Å². The zero-order chi connectivity index (χ0) is 29.2. The third-order valence-corrected chi connectivity index (χ3v) is 5.89. The third-order valence-electron chi connectivity index (χ3n) is 5.89. The van der Waals surface area contributed by atoms with Gasteiger partial charge in [0.15, 0.2) is 5.69 Å². The molecule has 0 fully saturated rings. The summed E-state index contributed by atoms with van der Waals surface area (Å²) in [5.74, 6) is -2.01. The number of nitrogens with one attached hydrogen (secondary N) is 4. The Morgan fingerprint density at radius 2 is 1.61 bits per heavy atom. The normalized spacial score (nSPS) is 11.1. The van der Waals surface area contributed by atoms with E-state index in [4.69, 9.17) is 0 Å². The topological polar surface area (TPSA) is 175 Å². The summed E-state index contributed by atoms with van der Waals surface area (Å²) in [5.41, 5.74) is 3.70. The van der Waals surface area contributed by atoms with Crippen LogP contribution in [0.4, 0.5) is 21.9 Å². The Kier molecular flexibility index (Phi) is 9.28. The molecule has 4 amide bonds. The monoisotopic (exact) mass is 553 g/mol. The van der Waals surface area contributed by atoms with Crippen LogP contribution in [0, 0.1) is 6.92 Å². The number of para-hydroxylation sites is 1. The minimum absolute atomic E-state index is 0.0427. The summed E-state index contributed by atoms with van der Waals surface area (Å²) in [4.78, 5) is 52.9. The van der Waals surface area contributed by atoms with Gasteiger partial charge in [-0.15, -0.1) is 5.10 Å². The number of hydrogen-bond acceptors (Lipinski definition) is 7. The van der Waals surface area contributed by atoms with Crippen molar-refractivity contribution in [3.63, 3.8) is 0 Å². The quantitative estimate of drug-likeness (QED) is 0.196. The van der Waals surface area contributed by atoms with Crippen molar-refractivity contribution in [1.29, 1.82) is 0 Å². The van der Waals surface area contributed by atoms with Gasteiger partial charge < -0.3 is 26.4 Å². The fraction of sp³-hybridized carbons (Fsp3) is 0.138. The fourth-order valence-electron chi connectivity index (χ4n) is 3.84. The van der Waals surface area contributed by atoms with Crippen LogP contribution in [0.2, 0.25) is 0 Å². The Hall–Kier alpha value is -5.65. The largest absolute Gasteiger partial charge is 0.481 e. The van der Waals surface area contributed by atoms with Crippen LogP contribution in [-0.2, 0) is 16.0 Å². The van der Waals surface area contributed by atoms with Crippen LogP contribution in [0.5, 0.6) is 0 Å². The lowest BCUT2D eigenvalue weighted by atomic mass is 10.1. The van der Waals surface area contributed by atoms with Crippen LogP contribution < -0.4 is 21.3 Å². The number of carbonyl (C=O) groups is 4. The molecule has 4 aromatic rings. The SMILES string of the molecule is Cc1ccccc1NC(=O)Nc1ccc(CC(=O)Nc2ccc(C(CC(=O)O)NC(=O)c3cccnn3)nc2)cc1. The molecular formula is C29H27N7O5. The molecule has 0 bridgehead atoms. The van der Waals surface area contributed by atoms with E-state index >= 15 is 0 Å². The zero-order valence-corrected chi connectivity index (χ0v) is 22.0. The van der Waals surface area contributed by atoms with Gasteiger partial charge in [-0.25, -0.2) is 4.79 Å². The molecule has 2 aromatic heterocycles. The number of amides is 4. The minimum atomic E-state index is -1.12. The van der Waals surface area contributed by atoms with Crippen molar-refractivity contribution in [2.75, 3.05) is 16.0 Å². The lowest BCUT2D eigenvalue weighted by molar-refractivity contribution is -0.137. The first-order chi connectivity index (χ1) is 19.8. The molecule has 12 heteroatoms. The van der Waals surface area contributed by atoms with Crippen molar-refractivity contribution in [2.45, 2.75) is 25.8 Å². The molecule has 0 aliphatic heterocycles. The number of hydrogen-bond donors (Lipinski definition) is 5. The number of aromatic nitrogens is 3. The Morgan fingerprint density at radius 3 is 2.27 bits per heavy atom. The van der Waals surface area contributed by atoms with Crippen LogP contribution in [0.15, 0.2) is 85.2 Å². The van der Waals surface area contributed by atoms with E-state index in [0.29, 0.717) is 22.8 Å². The zero-order valence-electron chi connectivity index (χ0n) is 22.0. The Bertz CT molecular complexity index is 1530. The van der Waals surface area contributed by atoms with Gasteiger partial charge in [-0.1, -0.05) is 30.3 Å². The number of carboxylic acid groups (broad SMARTS) is 1. The molecule has 0 spiro atoms. The molecule has 0 saturated heterocycles. The molecule has 1 unspecified atom stereocenters. The highest BCUT2D eigenvalue weighted by molar-refractivity contribution is 6.00. The average Bonchev–Trinajstić information content (AvgIpc) is 2.95. The highest BCUT2D eigenvalue weighted by Gasteiger charge is 2.21. The molecule has 0 aliphatic rings. The predicted octanol–water partition coefficient (Wildman–Crippen LogP) is 3.95. The van der Waals surface area contributed by atoms with Crippen LogP contribution in [0.1, 0.15) is 39.8 Å². The summed E-state index contributed by atoms with van der Waals surface area (Å²) < 4.78 is 0. The number of nitrogens with zero attached hydrogens (tertiary/aromatic N) is 3. The van der Waals surface area contributed by atoms with Crippen LogP contribution in [0.3, 0.4) is 0 Å². The summed E-state index contributed by atoms with van der Waals surface area (Å²) in [6.07, 6.45) is 2.48. The highest BCUT2D eigenvalue weighted by Crippen LogP contribution is 2.19. The predicted molar refractivity (Wildman–Crippen MR) is 151 cm³/mol. The minimum Gasteiger partial charge on any atom is -0.481 e. The molecule has 0 aliphatic carbocycles. The lowest BCUT2D eigenvalue weighted by Gasteiger charge is -2.16. The van der Waals surface area contributed by atoms with E-state index in [9.17, 15) is 24.3 Å². The van der Waals surface area contributed by atoms with Crippen molar-refractivity contribution >= 4 is 40.9 Å². The molecule has 41 heavy (non-hydrogen) atoms. The standard InChI is InChI=1S/C29H27N7O5/c1-18-5-2-3-6-22(18)35-29(41)33-20-10-8-19(9-11-20)15-26(37)32-21-12-13-23(30-17-21)25(16-27(38)39)34-28(40)24-7-4-14-31-36-24/h2-14,17,25H,15-16H2,1H3,(H,32,37)(H,34,40)(H,38,39)(H2,33,35,41). The number of urea groups is 1. The highest BCUT2D eigenvalue weighted by atomic mass is 16.4. The number of aliphatic carboxylic acids is 1. The van der Waals surface area contributed by atoms with E-state index in [1.54, 1.807) is 36.4 Å². The molecule has 0 saturated carbocycles. The van der Waals surface area contributed by atoms with Crippen LogP contribution >= 0.6 is 0 Å². The molecule has 12 nitrogen and oxygen atoms in total. The summed E-state index contributed by atoms with van der Waals surface area (Å²) in [5, 5.41) is 27.5. The Balaban J connectivity index is 1.30. The summed E-state index contributed by atoms with van der Waals surface area (Å²) in [7, 11) is 0. The van der Waals surface area contributed by atoms with Crippen LogP contribution in [-0.4, -0.2) is 44.1 Å². The maximum atomic E-state index is 12.6. The summed E-state index contributed by atoms with van der Waals surface area (Å²) in [6, 6.07) is 19.1. The van der Waals surface area contributed by atoms with Crippen molar-refractivity contribution in [3.05, 3.63) is 108 Å².